The maximum atomic E-state index is 13.4. The highest BCUT2D eigenvalue weighted by molar-refractivity contribution is 7.89. The molecular weight excluding hydrogens is 460 g/mol. The number of piperidine rings is 1. The van der Waals surface area contributed by atoms with Gasteiger partial charge >= 0.3 is 0 Å². The SMILES string of the molecule is N#Cc1c(-c2ccco2)cc(-c2cccc(S(=O)(=O)N3CCCCC3)c2)n2c1nc1ccccc12. The Labute approximate surface area is 202 Å². The highest BCUT2D eigenvalue weighted by Crippen LogP contribution is 2.36. The first-order valence-corrected chi connectivity index (χ1v) is 13.0. The van der Waals surface area contributed by atoms with Crippen molar-refractivity contribution in [1.29, 1.82) is 5.26 Å². The lowest BCUT2D eigenvalue weighted by Crippen LogP contribution is -2.35. The number of fused-ring (bicyclic) bond motifs is 3. The molecule has 7 nitrogen and oxygen atoms in total. The predicted octanol–water partition coefficient (Wildman–Crippen LogP) is 5.46. The molecule has 1 aliphatic rings. The lowest BCUT2D eigenvalue weighted by molar-refractivity contribution is 0.346. The molecule has 0 amide bonds. The van der Waals surface area contributed by atoms with Crippen LogP contribution in [0.3, 0.4) is 0 Å². The Bertz CT molecular complexity index is 1710. The first-order valence-electron chi connectivity index (χ1n) is 11.6. The van der Waals surface area contributed by atoms with Gasteiger partial charge in [0.05, 0.1) is 27.9 Å². The number of nitriles is 1. The van der Waals surface area contributed by atoms with E-state index in [0.29, 0.717) is 41.2 Å². The summed E-state index contributed by atoms with van der Waals surface area (Å²) < 4.78 is 35.9. The van der Waals surface area contributed by atoms with Crippen molar-refractivity contribution in [3.8, 4) is 28.7 Å². The molecule has 8 heteroatoms. The Morgan fingerprint density at radius 2 is 1.77 bits per heavy atom. The molecule has 6 rings (SSSR count). The highest BCUT2D eigenvalue weighted by atomic mass is 32.2. The number of furan rings is 1. The van der Waals surface area contributed by atoms with Crippen LogP contribution in [0.25, 0.3) is 39.3 Å². The van der Waals surface area contributed by atoms with E-state index < -0.39 is 10.0 Å². The van der Waals surface area contributed by atoms with Gasteiger partial charge in [0.25, 0.3) is 0 Å². The zero-order valence-corrected chi connectivity index (χ0v) is 19.7. The Hall–Kier alpha value is -3.93. The highest BCUT2D eigenvalue weighted by Gasteiger charge is 2.27. The average molecular weight is 483 g/mol. The summed E-state index contributed by atoms with van der Waals surface area (Å²) in [6.07, 6.45) is 4.37. The number of benzene rings is 2. The van der Waals surface area contributed by atoms with Crippen LogP contribution in [0.15, 0.2) is 82.3 Å². The predicted molar refractivity (Wildman–Crippen MR) is 133 cm³/mol. The van der Waals surface area contributed by atoms with Crippen molar-refractivity contribution in [1.82, 2.24) is 13.7 Å². The largest absolute Gasteiger partial charge is 0.464 e. The summed E-state index contributed by atoms with van der Waals surface area (Å²) in [5.41, 5.74) is 4.55. The van der Waals surface area contributed by atoms with Crippen LogP contribution in [-0.4, -0.2) is 35.2 Å². The second-order valence-electron chi connectivity index (χ2n) is 8.66. The van der Waals surface area contributed by atoms with E-state index in [0.717, 1.165) is 36.0 Å². The lowest BCUT2D eigenvalue weighted by Gasteiger charge is -2.26. The van der Waals surface area contributed by atoms with Gasteiger partial charge in [-0.05, 0) is 60.9 Å². The quantitative estimate of drug-likeness (QED) is 0.339. The van der Waals surface area contributed by atoms with E-state index in [1.165, 1.54) is 0 Å². The zero-order valence-electron chi connectivity index (χ0n) is 18.9. The van der Waals surface area contributed by atoms with Crippen LogP contribution in [0.5, 0.6) is 0 Å². The van der Waals surface area contributed by atoms with E-state index in [4.69, 9.17) is 9.40 Å². The molecule has 0 radical (unpaired) electrons. The summed E-state index contributed by atoms with van der Waals surface area (Å²) in [5, 5.41) is 10.1. The molecule has 35 heavy (non-hydrogen) atoms. The number of para-hydroxylation sites is 2. The van der Waals surface area contributed by atoms with Crippen molar-refractivity contribution in [2.45, 2.75) is 24.2 Å². The fourth-order valence-electron chi connectivity index (χ4n) is 4.85. The maximum absolute atomic E-state index is 13.4. The van der Waals surface area contributed by atoms with Gasteiger partial charge in [-0.15, -0.1) is 0 Å². The van der Waals surface area contributed by atoms with Crippen molar-refractivity contribution in [3.63, 3.8) is 0 Å². The van der Waals surface area contributed by atoms with Crippen LogP contribution in [-0.2, 0) is 10.0 Å². The number of imidazole rings is 1. The number of hydrogen-bond acceptors (Lipinski definition) is 5. The van der Waals surface area contributed by atoms with Crippen LogP contribution in [0.2, 0.25) is 0 Å². The van der Waals surface area contributed by atoms with Gasteiger partial charge in [-0.1, -0.05) is 30.7 Å². The maximum Gasteiger partial charge on any atom is 0.243 e. The van der Waals surface area contributed by atoms with Gasteiger partial charge in [0.2, 0.25) is 10.0 Å². The van der Waals surface area contributed by atoms with Crippen molar-refractivity contribution >= 4 is 26.7 Å². The van der Waals surface area contributed by atoms with Gasteiger partial charge in [0.1, 0.15) is 17.4 Å². The molecule has 0 bridgehead atoms. The first kappa shape index (κ1) is 21.6. The summed E-state index contributed by atoms with van der Waals surface area (Å²) in [6.45, 7) is 1.09. The van der Waals surface area contributed by atoms with Crippen LogP contribution >= 0.6 is 0 Å². The molecular formula is C27H22N4O3S. The molecule has 0 aliphatic carbocycles. The zero-order chi connectivity index (χ0) is 24.0. The Morgan fingerprint density at radius 3 is 2.54 bits per heavy atom. The normalized spacial score (nSPS) is 14.9. The van der Waals surface area contributed by atoms with Crippen LogP contribution < -0.4 is 0 Å². The molecule has 0 spiro atoms. The van der Waals surface area contributed by atoms with Gasteiger partial charge in [-0.25, -0.2) is 13.4 Å². The number of nitrogens with zero attached hydrogens (tertiary/aromatic N) is 4. The van der Waals surface area contributed by atoms with Crippen molar-refractivity contribution in [3.05, 3.63) is 78.6 Å². The van der Waals surface area contributed by atoms with Gasteiger partial charge in [-0.3, -0.25) is 4.40 Å². The van der Waals surface area contributed by atoms with Gasteiger partial charge < -0.3 is 4.42 Å². The summed E-state index contributed by atoms with van der Waals surface area (Å²) in [4.78, 5) is 5.02. The molecule has 174 valence electrons. The fourth-order valence-corrected chi connectivity index (χ4v) is 6.41. The number of pyridine rings is 1. The van der Waals surface area contributed by atoms with E-state index in [9.17, 15) is 13.7 Å². The minimum Gasteiger partial charge on any atom is -0.464 e. The molecule has 4 heterocycles. The fraction of sp³-hybridized carbons (Fsp3) is 0.185. The standard InChI is InChI=1S/C27H22N4O3S/c28-18-22-21(26-12-7-15-34-26)17-25(31-24-11-3-2-10-23(24)29-27(22)31)19-8-6-9-20(16-19)35(32,33)30-13-4-1-5-14-30/h2-3,6-12,15-17H,1,4-5,13-14H2. The van der Waals surface area contributed by atoms with Gasteiger partial charge in [0.15, 0.2) is 5.65 Å². The minimum atomic E-state index is -3.60. The number of rotatable bonds is 4. The summed E-state index contributed by atoms with van der Waals surface area (Å²) in [5.74, 6) is 0.550. The van der Waals surface area contributed by atoms with Crippen LogP contribution in [0.4, 0.5) is 0 Å². The molecule has 1 saturated heterocycles. The third-order valence-electron chi connectivity index (χ3n) is 6.56. The molecule has 0 N–H and O–H groups in total. The third kappa shape index (κ3) is 3.52. The monoisotopic (exact) mass is 482 g/mol. The number of hydrogen-bond donors (Lipinski definition) is 0. The van der Waals surface area contributed by atoms with Gasteiger partial charge in [-0.2, -0.15) is 9.57 Å². The Morgan fingerprint density at radius 1 is 0.943 bits per heavy atom. The topological polar surface area (TPSA) is 91.6 Å². The third-order valence-corrected chi connectivity index (χ3v) is 8.45. The first-order chi connectivity index (χ1) is 17.1. The second kappa shape index (κ2) is 8.38. The molecule has 0 atom stereocenters. The Kier molecular flexibility index (Phi) is 5.17. The van der Waals surface area contributed by atoms with E-state index in [2.05, 4.69) is 6.07 Å². The summed E-state index contributed by atoms with van der Waals surface area (Å²) in [7, 11) is -3.60. The van der Waals surface area contributed by atoms with Crippen LogP contribution in [0, 0.1) is 11.3 Å². The van der Waals surface area contributed by atoms with Crippen molar-refractivity contribution in [2.24, 2.45) is 0 Å². The van der Waals surface area contributed by atoms with Crippen molar-refractivity contribution < 1.29 is 12.8 Å². The Balaban J connectivity index is 1.63. The van der Waals surface area contributed by atoms with E-state index in [-0.39, 0.29) is 4.90 Å². The smallest absolute Gasteiger partial charge is 0.243 e. The van der Waals surface area contributed by atoms with Crippen LogP contribution in [0.1, 0.15) is 24.8 Å². The molecule has 5 aromatic rings. The number of sulfonamides is 1. The molecule has 1 fully saturated rings. The van der Waals surface area contributed by atoms with Gasteiger partial charge in [0, 0.05) is 18.7 Å². The van der Waals surface area contributed by atoms with E-state index in [1.807, 2.05) is 40.8 Å². The molecule has 1 aliphatic heterocycles. The van der Waals surface area contributed by atoms with E-state index >= 15 is 0 Å². The molecule has 0 unspecified atom stereocenters. The van der Waals surface area contributed by atoms with E-state index in [1.54, 1.807) is 40.9 Å². The average Bonchev–Trinajstić information content (AvgIpc) is 3.57. The molecule has 2 aromatic carbocycles. The lowest BCUT2D eigenvalue weighted by atomic mass is 10.0. The summed E-state index contributed by atoms with van der Waals surface area (Å²) >= 11 is 0. The minimum absolute atomic E-state index is 0.262. The summed E-state index contributed by atoms with van der Waals surface area (Å²) in [6, 6.07) is 22.4. The van der Waals surface area contributed by atoms with Crippen molar-refractivity contribution in [2.75, 3.05) is 13.1 Å². The molecule has 0 saturated carbocycles. The second-order valence-corrected chi connectivity index (χ2v) is 10.6. The molecule has 3 aromatic heterocycles. The number of aromatic nitrogens is 2.